The van der Waals surface area contributed by atoms with Crippen molar-refractivity contribution in [3.05, 3.63) is 65.9 Å². The summed E-state index contributed by atoms with van der Waals surface area (Å²) in [6, 6.07) is 15.8. The minimum atomic E-state index is -0.355. The molecule has 0 unspecified atom stereocenters. The number of anilines is 1. The largest absolute Gasteiger partial charge is 0.456 e. The normalized spacial score (nSPS) is 11.0. The van der Waals surface area contributed by atoms with E-state index in [1.807, 2.05) is 48.7 Å². The molecule has 1 heterocycles. The summed E-state index contributed by atoms with van der Waals surface area (Å²) in [5.41, 5.74) is 4.10. The van der Waals surface area contributed by atoms with Gasteiger partial charge in [0, 0.05) is 29.2 Å². The van der Waals surface area contributed by atoms with Crippen molar-refractivity contribution < 1.29 is 14.3 Å². The van der Waals surface area contributed by atoms with E-state index in [0.717, 1.165) is 23.2 Å². The molecule has 0 saturated heterocycles. The summed E-state index contributed by atoms with van der Waals surface area (Å²) in [6.07, 6.45) is 3.73. The lowest BCUT2D eigenvalue weighted by Gasteiger charge is -2.13. The van der Waals surface area contributed by atoms with Crippen LogP contribution in [0.25, 0.3) is 10.9 Å². The number of hydrogen-bond acceptors (Lipinski definition) is 3. The topological polar surface area (TPSA) is 71.2 Å². The van der Waals surface area contributed by atoms with E-state index in [2.05, 4.69) is 30.2 Å². The maximum absolute atomic E-state index is 12.1. The molecule has 0 atom stereocenters. The predicted octanol–water partition coefficient (Wildman–Crippen LogP) is 4.80. The van der Waals surface area contributed by atoms with Crippen LogP contribution in [0.1, 0.15) is 43.7 Å². The number of hydrogen-bond donors (Lipinski definition) is 2. The number of aromatic nitrogens is 1. The molecular formula is C23H26N2O3. The average molecular weight is 378 g/mol. The maximum atomic E-state index is 12.1. The molecular weight excluding hydrogens is 352 g/mol. The number of benzene rings is 2. The fourth-order valence-corrected chi connectivity index (χ4v) is 3.28. The number of aromatic amines is 1. The van der Waals surface area contributed by atoms with Crippen LogP contribution in [0.5, 0.6) is 0 Å². The molecule has 146 valence electrons. The first-order valence-electron chi connectivity index (χ1n) is 9.64. The number of amides is 1. The van der Waals surface area contributed by atoms with Crippen molar-refractivity contribution in [1.82, 2.24) is 4.98 Å². The van der Waals surface area contributed by atoms with Gasteiger partial charge in [-0.2, -0.15) is 0 Å². The van der Waals surface area contributed by atoms with E-state index >= 15 is 0 Å². The highest BCUT2D eigenvalue weighted by Crippen LogP contribution is 2.23. The molecule has 0 radical (unpaired) electrons. The van der Waals surface area contributed by atoms with Crippen LogP contribution in [0.3, 0.4) is 0 Å². The Kier molecular flexibility index (Phi) is 6.48. The molecule has 0 aliphatic heterocycles. The van der Waals surface area contributed by atoms with E-state index in [9.17, 15) is 9.59 Å². The van der Waals surface area contributed by atoms with Crippen molar-refractivity contribution in [3.8, 4) is 0 Å². The van der Waals surface area contributed by atoms with Crippen LogP contribution >= 0.6 is 0 Å². The van der Waals surface area contributed by atoms with Gasteiger partial charge in [0.15, 0.2) is 6.61 Å². The van der Waals surface area contributed by atoms with Crippen molar-refractivity contribution >= 4 is 28.5 Å². The average Bonchev–Trinajstić information content (AvgIpc) is 3.10. The summed E-state index contributed by atoms with van der Waals surface area (Å²) in [6.45, 7) is 3.87. The zero-order valence-corrected chi connectivity index (χ0v) is 16.3. The van der Waals surface area contributed by atoms with E-state index in [4.69, 9.17) is 4.74 Å². The van der Waals surface area contributed by atoms with Crippen LogP contribution in [0.15, 0.2) is 54.7 Å². The molecule has 0 spiro atoms. The monoisotopic (exact) mass is 378 g/mol. The zero-order valence-electron chi connectivity index (χ0n) is 16.3. The molecule has 28 heavy (non-hydrogen) atoms. The van der Waals surface area contributed by atoms with Gasteiger partial charge in [0.1, 0.15) is 0 Å². The molecule has 3 aromatic rings. The second-order valence-corrected chi connectivity index (χ2v) is 7.16. The Hall–Kier alpha value is -3.08. The number of aryl methyl sites for hydroxylation is 1. The van der Waals surface area contributed by atoms with Crippen LogP contribution in [-0.4, -0.2) is 23.5 Å². The number of H-pyrrole nitrogens is 1. The summed E-state index contributed by atoms with van der Waals surface area (Å²) < 4.78 is 5.12. The molecule has 0 aliphatic rings. The highest BCUT2D eigenvalue weighted by atomic mass is 16.5. The summed E-state index contributed by atoms with van der Waals surface area (Å²) in [5.74, 6) is -0.381. The SMILES string of the molecule is CC(C)c1ccccc1NC(=O)COC(=O)CCCc1c[nH]c2ccccc12. The Labute approximate surface area is 165 Å². The number of carbonyl (C=O) groups excluding carboxylic acids is 2. The smallest absolute Gasteiger partial charge is 0.306 e. The van der Waals surface area contributed by atoms with E-state index in [1.165, 1.54) is 10.9 Å². The molecule has 0 fully saturated rings. The van der Waals surface area contributed by atoms with Gasteiger partial charge in [0.05, 0.1) is 0 Å². The fraction of sp³-hybridized carbons (Fsp3) is 0.304. The molecule has 0 saturated carbocycles. The zero-order chi connectivity index (χ0) is 19.9. The van der Waals surface area contributed by atoms with Gasteiger partial charge in [-0.3, -0.25) is 9.59 Å². The van der Waals surface area contributed by atoms with Gasteiger partial charge >= 0.3 is 5.97 Å². The van der Waals surface area contributed by atoms with Gasteiger partial charge in [0.2, 0.25) is 0 Å². The highest BCUT2D eigenvalue weighted by Gasteiger charge is 2.12. The summed E-state index contributed by atoms with van der Waals surface area (Å²) >= 11 is 0. The van der Waals surface area contributed by atoms with Gasteiger partial charge in [-0.05, 0) is 42.0 Å². The molecule has 1 aromatic heterocycles. The van der Waals surface area contributed by atoms with Crippen LogP contribution in [0, 0.1) is 0 Å². The second kappa shape index (κ2) is 9.22. The van der Waals surface area contributed by atoms with E-state index in [-0.39, 0.29) is 24.9 Å². The lowest BCUT2D eigenvalue weighted by Crippen LogP contribution is -2.21. The lowest BCUT2D eigenvalue weighted by molar-refractivity contribution is -0.147. The van der Waals surface area contributed by atoms with E-state index in [0.29, 0.717) is 12.3 Å². The Bertz CT molecular complexity index is 959. The third kappa shape index (κ3) is 5.00. The van der Waals surface area contributed by atoms with Crippen molar-refractivity contribution in [2.24, 2.45) is 0 Å². The Morgan fingerprint density at radius 2 is 1.82 bits per heavy atom. The first-order valence-corrected chi connectivity index (χ1v) is 9.64. The Morgan fingerprint density at radius 3 is 2.64 bits per heavy atom. The predicted molar refractivity (Wildman–Crippen MR) is 111 cm³/mol. The first kappa shape index (κ1) is 19.7. The minimum absolute atomic E-state index is 0.266. The third-order valence-electron chi connectivity index (χ3n) is 4.72. The van der Waals surface area contributed by atoms with Gasteiger partial charge in [-0.15, -0.1) is 0 Å². The minimum Gasteiger partial charge on any atom is -0.456 e. The number of ether oxygens (including phenoxy) is 1. The van der Waals surface area contributed by atoms with Crippen molar-refractivity contribution in [1.29, 1.82) is 0 Å². The molecule has 2 N–H and O–H groups in total. The number of rotatable bonds is 8. The van der Waals surface area contributed by atoms with Gasteiger partial charge in [-0.1, -0.05) is 50.2 Å². The van der Waals surface area contributed by atoms with Gasteiger partial charge in [0.25, 0.3) is 5.91 Å². The quantitative estimate of drug-likeness (QED) is 0.553. The number of para-hydroxylation sites is 2. The van der Waals surface area contributed by atoms with Crippen LogP contribution in [0.2, 0.25) is 0 Å². The molecule has 0 bridgehead atoms. The van der Waals surface area contributed by atoms with Crippen molar-refractivity contribution in [3.63, 3.8) is 0 Å². The Morgan fingerprint density at radius 1 is 1.07 bits per heavy atom. The summed E-state index contributed by atoms with van der Waals surface area (Å²) in [4.78, 5) is 27.3. The van der Waals surface area contributed by atoms with Gasteiger partial charge in [-0.25, -0.2) is 0 Å². The third-order valence-corrected chi connectivity index (χ3v) is 4.72. The molecule has 0 aliphatic carbocycles. The highest BCUT2D eigenvalue weighted by molar-refractivity contribution is 5.93. The second-order valence-electron chi connectivity index (χ2n) is 7.16. The lowest BCUT2D eigenvalue weighted by atomic mass is 10.0. The number of carbonyl (C=O) groups is 2. The Balaban J connectivity index is 1.42. The fourth-order valence-electron chi connectivity index (χ4n) is 3.28. The van der Waals surface area contributed by atoms with Crippen molar-refractivity contribution in [2.75, 3.05) is 11.9 Å². The number of fused-ring (bicyclic) bond motifs is 1. The van der Waals surface area contributed by atoms with Gasteiger partial charge < -0.3 is 15.0 Å². The number of nitrogens with one attached hydrogen (secondary N) is 2. The first-order chi connectivity index (χ1) is 13.5. The van der Waals surface area contributed by atoms with E-state index in [1.54, 1.807) is 0 Å². The van der Waals surface area contributed by atoms with Crippen LogP contribution in [-0.2, 0) is 20.7 Å². The van der Waals surface area contributed by atoms with E-state index < -0.39 is 0 Å². The molecule has 3 rings (SSSR count). The molecule has 5 heteroatoms. The molecule has 5 nitrogen and oxygen atoms in total. The summed E-state index contributed by atoms with van der Waals surface area (Å²) in [5, 5.41) is 4.01. The standard InChI is InChI=1S/C23H26N2O3/c1-16(2)18-9-3-6-12-21(18)25-22(26)15-28-23(27)13-7-8-17-14-24-20-11-5-4-10-19(17)20/h3-6,9-12,14,16,24H,7-8,13,15H2,1-2H3,(H,25,26). The van der Waals surface area contributed by atoms with Crippen LogP contribution < -0.4 is 5.32 Å². The molecule has 1 amide bonds. The maximum Gasteiger partial charge on any atom is 0.306 e. The van der Waals surface area contributed by atoms with Crippen molar-refractivity contribution in [2.45, 2.75) is 39.0 Å². The van der Waals surface area contributed by atoms with Crippen LogP contribution in [0.4, 0.5) is 5.69 Å². The summed E-state index contributed by atoms with van der Waals surface area (Å²) in [7, 11) is 0. The number of esters is 1. The molecule has 2 aromatic carbocycles.